The van der Waals surface area contributed by atoms with E-state index in [1.807, 2.05) is 12.3 Å². The van der Waals surface area contributed by atoms with Gasteiger partial charge in [-0.05, 0) is 30.2 Å². The smallest absolute Gasteiger partial charge is 0.122 e. The lowest BCUT2D eigenvalue weighted by atomic mass is 10.1. The molecule has 4 heteroatoms. The highest BCUT2D eigenvalue weighted by atomic mass is 16.5. The summed E-state index contributed by atoms with van der Waals surface area (Å²) in [5.41, 5.74) is 9.25. The minimum atomic E-state index is 0.312. The molecule has 1 aliphatic heterocycles. The number of imidazole rings is 1. The van der Waals surface area contributed by atoms with E-state index in [9.17, 15) is 0 Å². The Morgan fingerprint density at radius 2 is 2.37 bits per heavy atom. The number of ether oxygens (including phenoxy) is 1. The van der Waals surface area contributed by atoms with Crippen LogP contribution >= 0.6 is 0 Å². The molecule has 2 heterocycles. The third kappa shape index (κ3) is 2.24. The van der Waals surface area contributed by atoms with Gasteiger partial charge in [0.15, 0.2) is 0 Å². The summed E-state index contributed by atoms with van der Waals surface area (Å²) in [6.07, 6.45) is 3.89. The van der Waals surface area contributed by atoms with Crippen LogP contribution in [0.4, 0.5) is 0 Å². The standard InChI is InChI=1S/C15H19N3O/c1-2-10(8-16)15-17-9-13(18-15)11-3-4-14-12(7-11)5-6-19-14/h3-4,7,9-10H,2,5-6,8,16H2,1H3,(H,17,18). The number of hydrogen-bond acceptors (Lipinski definition) is 3. The van der Waals surface area contributed by atoms with E-state index in [0.717, 1.165) is 42.3 Å². The fourth-order valence-corrected chi connectivity index (χ4v) is 2.52. The molecule has 1 atom stereocenters. The molecule has 0 saturated heterocycles. The Hall–Kier alpha value is -1.81. The van der Waals surface area contributed by atoms with Crippen molar-refractivity contribution in [3.8, 4) is 17.0 Å². The van der Waals surface area contributed by atoms with Gasteiger partial charge in [0.05, 0.1) is 18.5 Å². The molecule has 0 radical (unpaired) electrons. The number of fused-ring (bicyclic) bond motifs is 1. The Balaban J connectivity index is 1.90. The van der Waals surface area contributed by atoms with Gasteiger partial charge < -0.3 is 15.5 Å². The van der Waals surface area contributed by atoms with Gasteiger partial charge in [-0.15, -0.1) is 0 Å². The van der Waals surface area contributed by atoms with Crippen LogP contribution in [0.3, 0.4) is 0 Å². The predicted molar refractivity (Wildman–Crippen MR) is 75.3 cm³/mol. The molecule has 0 saturated carbocycles. The van der Waals surface area contributed by atoms with Gasteiger partial charge in [0.25, 0.3) is 0 Å². The lowest BCUT2D eigenvalue weighted by Gasteiger charge is -2.08. The molecule has 1 aliphatic rings. The normalized spacial score (nSPS) is 15.1. The van der Waals surface area contributed by atoms with Crippen molar-refractivity contribution in [2.45, 2.75) is 25.7 Å². The minimum absolute atomic E-state index is 0.312. The number of nitrogens with two attached hydrogens (primary N) is 1. The molecule has 0 spiro atoms. The summed E-state index contributed by atoms with van der Waals surface area (Å²) in [6.45, 7) is 3.55. The van der Waals surface area contributed by atoms with Gasteiger partial charge in [0, 0.05) is 24.4 Å². The number of H-pyrrole nitrogens is 1. The maximum absolute atomic E-state index is 5.76. The van der Waals surface area contributed by atoms with Gasteiger partial charge >= 0.3 is 0 Å². The molecule has 3 N–H and O–H groups in total. The van der Waals surface area contributed by atoms with E-state index in [0.29, 0.717) is 12.5 Å². The van der Waals surface area contributed by atoms with Crippen LogP contribution in [-0.4, -0.2) is 23.1 Å². The highest BCUT2D eigenvalue weighted by molar-refractivity contribution is 5.62. The molecule has 3 rings (SSSR count). The molecule has 1 aromatic heterocycles. The first-order valence-electron chi connectivity index (χ1n) is 6.83. The zero-order chi connectivity index (χ0) is 13.2. The third-order valence-electron chi connectivity index (χ3n) is 3.76. The first-order valence-corrected chi connectivity index (χ1v) is 6.83. The molecule has 19 heavy (non-hydrogen) atoms. The van der Waals surface area contributed by atoms with Gasteiger partial charge in [-0.3, -0.25) is 0 Å². The second kappa shape index (κ2) is 5.05. The summed E-state index contributed by atoms with van der Waals surface area (Å²) in [5, 5.41) is 0. The molecular formula is C15H19N3O. The zero-order valence-electron chi connectivity index (χ0n) is 11.1. The van der Waals surface area contributed by atoms with E-state index in [1.165, 1.54) is 5.56 Å². The van der Waals surface area contributed by atoms with Crippen LogP contribution in [0, 0.1) is 0 Å². The maximum atomic E-state index is 5.76. The zero-order valence-corrected chi connectivity index (χ0v) is 11.1. The highest BCUT2D eigenvalue weighted by Crippen LogP contribution is 2.30. The number of benzene rings is 1. The quantitative estimate of drug-likeness (QED) is 0.884. The monoisotopic (exact) mass is 257 g/mol. The van der Waals surface area contributed by atoms with Crippen molar-refractivity contribution in [1.82, 2.24) is 9.97 Å². The Labute approximate surface area is 113 Å². The predicted octanol–water partition coefficient (Wildman–Crippen LogP) is 2.46. The molecule has 0 bridgehead atoms. The molecule has 100 valence electrons. The van der Waals surface area contributed by atoms with Crippen molar-refractivity contribution in [2.24, 2.45) is 5.73 Å². The van der Waals surface area contributed by atoms with Crippen LogP contribution in [0.15, 0.2) is 24.4 Å². The van der Waals surface area contributed by atoms with E-state index in [4.69, 9.17) is 10.5 Å². The van der Waals surface area contributed by atoms with Crippen LogP contribution in [0.5, 0.6) is 5.75 Å². The Morgan fingerprint density at radius 1 is 1.47 bits per heavy atom. The number of nitrogens with one attached hydrogen (secondary N) is 1. The lowest BCUT2D eigenvalue weighted by molar-refractivity contribution is 0.357. The van der Waals surface area contributed by atoms with Crippen molar-refractivity contribution in [3.05, 3.63) is 35.8 Å². The highest BCUT2D eigenvalue weighted by Gasteiger charge is 2.15. The van der Waals surface area contributed by atoms with Gasteiger partial charge in [-0.2, -0.15) is 0 Å². The summed E-state index contributed by atoms with van der Waals surface area (Å²) < 4.78 is 5.53. The topological polar surface area (TPSA) is 63.9 Å². The third-order valence-corrected chi connectivity index (χ3v) is 3.76. The summed E-state index contributed by atoms with van der Waals surface area (Å²) in [7, 11) is 0. The summed E-state index contributed by atoms with van der Waals surface area (Å²) in [5.74, 6) is 2.31. The average molecular weight is 257 g/mol. The fourth-order valence-electron chi connectivity index (χ4n) is 2.52. The van der Waals surface area contributed by atoms with Crippen LogP contribution in [0.2, 0.25) is 0 Å². The largest absolute Gasteiger partial charge is 0.493 e. The van der Waals surface area contributed by atoms with Crippen LogP contribution in [-0.2, 0) is 6.42 Å². The van der Waals surface area contributed by atoms with E-state index in [1.54, 1.807) is 0 Å². The van der Waals surface area contributed by atoms with Crippen LogP contribution in [0.25, 0.3) is 11.3 Å². The number of nitrogens with zero attached hydrogens (tertiary/aromatic N) is 1. The molecule has 0 fully saturated rings. The van der Waals surface area contributed by atoms with E-state index in [-0.39, 0.29) is 0 Å². The average Bonchev–Trinajstić information content (AvgIpc) is 3.08. The number of hydrogen-bond donors (Lipinski definition) is 2. The summed E-state index contributed by atoms with van der Waals surface area (Å²) in [6, 6.07) is 6.30. The Morgan fingerprint density at radius 3 is 3.16 bits per heavy atom. The molecule has 1 unspecified atom stereocenters. The number of aromatic amines is 1. The second-order valence-corrected chi connectivity index (χ2v) is 4.94. The second-order valence-electron chi connectivity index (χ2n) is 4.94. The van der Waals surface area contributed by atoms with E-state index < -0.39 is 0 Å². The first-order chi connectivity index (χ1) is 9.31. The Bertz CT molecular complexity index is 573. The van der Waals surface area contributed by atoms with Crippen molar-refractivity contribution in [3.63, 3.8) is 0 Å². The molecule has 0 aliphatic carbocycles. The molecular weight excluding hydrogens is 238 g/mol. The molecule has 0 amide bonds. The fraction of sp³-hybridized carbons (Fsp3) is 0.400. The summed E-state index contributed by atoms with van der Waals surface area (Å²) in [4.78, 5) is 7.85. The maximum Gasteiger partial charge on any atom is 0.122 e. The SMILES string of the molecule is CCC(CN)c1ncc(-c2ccc3c(c2)CCO3)[nH]1. The van der Waals surface area contributed by atoms with Gasteiger partial charge in [-0.1, -0.05) is 6.92 Å². The van der Waals surface area contributed by atoms with Crippen molar-refractivity contribution >= 4 is 0 Å². The van der Waals surface area contributed by atoms with Gasteiger partial charge in [0.2, 0.25) is 0 Å². The van der Waals surface area contributed by atoms with Crippen molar-refractivity contribution in [1.29, 1.82) is 0 Å². The van der Waals surface area contributed by atoms with Gasteiger partial charge in [-0.25, -0.2) is 4.98 Å². The van der Waals surface area contributed by atoms with E-state index >= 15 is 0 Å². The van der Waals surface area contributed by atoms with Crippen molar-refractivity contribution < 1.29 is 4.74 Å². The minimum Gasteiger partial charge on any atom is -0.493 e. The molecule has 1 aromatic carbocycles. The molecule has 2 aromatic rings. The van der Waals surface area contributed by atoms with E-state index in [2.05, 4.69) is 29.0 Å². The number of rotatable bonds is 4. The Kier molecular flexibility index (Phi) is 3.25. The first kappa shape index (κ1) is 12.2. The van der Waals surface area contributed by atoms with Crippen molar-refractivity contribution in [2.75, 3.05) is 13.2 Å². The van der Waals surface area contributed by atoms with Crippen LogP contribution in [0.1, 0.15) is 30.7 Å². The molecule has 4 nitrogen and oxygen atoms in total. The summed E-state index contributed by atoms with van der Waals surface area (Å²) >= 11 is 0. The lowest BCUT2D eigenvalue weighted by Crippen LogP contribution is -2.12. The number of aromatic nitrogens is 2. The van der Waals surface area contributed by atoms with Crippen LogP contribution < -0.4 is 10.5 Å². The van der Waals surface area contributed by atoms with Gasteiger partial charge in [0.1, 0.15) is 11.6 Å².